The quantitative estimate of drug-likeness (QED) is 0.504. The van der Waals surface area contributed by atoms with Gasteiger partial charge in [-0.25, -0.2) is 0 Å². The summed E-state index contributed by atoms with van der Waals surface area (Å²) < 4.78 is 45.0. The van der Waals surface area contributed by atoms with Crippen molar-refractivity contribution in [3.8, 4) is 0 Å². The van der Waals surface area contributed by atoms with Gasteiger partial charge < -0.3 is 0 Å². The minimum Gasteiger partial charge on any atom is -0.172 e. The summed E-state index contributed by atoms with van der Waals surface area (Å²) in [7, 11) is 0. The van der Waals surface area contributed by atoms with Gasteiger partial charge >= 0.3 is 6.18 Å². The Morgan fingerprint density at radius 2 is 1.69 bits per heavy atom. The molecular formula is C8H7F4N. The molecule has 0 amide bonds. The Labute approximate surface area is 72.1 Å². The molecule has 0 fully saturated rings. The maximum absolute atomic E-state index is 12.0. The lowest BCUT2D eigenvalue weighted by Gasteiger charge is -2.03. The van der Waals surface area contributed by atoms with Crippen LogP contribution >= 0.6 is 0 Å². The molecule has 0 radical (unpaired) electrons. The van der Waals surface area contributed by atoms with E-state index in [0.29, 0.717) is 0 Å². The second kappa shape index (κ2) is 3.33. The molecule has 1 aliphatic carbocycles. The van der Waals surface area contributed by atoms with Crippen LogP contribution in [0.25, 0.3) is 0 Å². The van der Waals surface area contributed by atoms with E-state index in [-0.39, 0.29) is 0 Å². The number of rotatable bonds is 0. The first-order valence-electron chi connectivity index (χ1n) is 3.48. The standard InChI is InChI=1S/C8H5F3.FH2N/c9-8(10,11)7-2-1-5-3-6(5)4-7;1-2/h1-2,4H,3H2;2H2. The fourth-order valence-corrected chi connectivity index (χ4v) is 1.07. The summed E-state index contributed by atoms with van der Waals surface area (Å²) >= 11 is 0. The van der Waals surface area contributed by atoms with Gasteiger partial charge in [0.1, 0.15) is 0 Å². The Hall–Kier alpha value is -1.10. The maximum Gasteiger partial charge on any atom is 0.416 e. The molecule has 13 heavy (non-hydrogen) atoms. The van der Waals surface area contributed by atoms with Gasteiger partial charge in [0.15, 0.2) is 0 Å². The zero-order valence-electron chi connectivity index (χ0n) is 6.53. The number of halogens is 4. The Balaban J connectivity index is 0.000000396. The fourth-order valence-electron chi connectivity index (χ4n) is 1.07. The molecule has 1 aliphatic rings. The summed E-state index contributed by atoms with van der Waals surface area (Å²) in [5.41, 5.74) is 1.34. The minimum absolute atomic E-state index is 0.534. The van der Waals surface area contributed by atoms with Crippen molar-refractivity contribution in [3.05, 3.63) is 34.9 Å². The number of hydrogen-bond acceptors (Lipinski definition) is 1. The van der Waals surface area contributed by atoms with Gasteiger partial charge in [0, 0.05) is 0 Å². The molecule has 0 saturated heterocycles. The Bertz CT molecular complexity index is 306. The fraction of sp³-hybridized carbons (Fsp3) is 0.250. The number of alkyl halides is 3. The van der Waals surface area contributed by atoms with Crippen LogP contribution in [0.3, 0.4) is 0 Å². The second-order valence-corrected chi connectivity index (χ2v) is 2.66. The van der Waals surface area contributed by atoms with Gasteiger partial charge in [0.2, 0.25) is 0 Å². The van der Waals surface area contributed by atoms with E-state index >= 15 is 0 Å². The SMILES string of the molecule is FC(F)(F)c1ccc2c(c1)C2.NF. The minimum atomic E-state index is -4.18. The molecule has 2 rings (SSSR count). The van der Waals surface area contributed by atoms with E-state index in [9.17, 15) is 13.2 Å². The van der Waals surface area contributed by atoms with E-state index in [1.165, 1.54) is 12.1 Å². The predicted molar refractivity (Wildman–Crippen MR) is 39.5 cm³/mol. The van der Waals surface area contributed by atoms with Crippen molar-refractivity contribution in [2.24, 2.45) is 5.96 Å². The molecular weight excluding hydrogens is 186 g/mol. The topological polar surface area (TPSA) is 26.0 Å². The number of fused-ring (bicyclic) bond motifs is 1. The van der Waals surface area contributed by atoms with Crippen molar-refractivity contribution in [1.82, 2.24) is 0 Å². The van der Waals surface area contributed by atoms with Crippen molar-refractivity contribution in [2.45, 2.75) is 12.6 Å². The molecule has 0 unspecified atom stereocenters. The summed E-state index contributed by atoms with van der Waals surface area (Å²) in [5, 5.41) is 0. The van der Waals surface area contributed by atoms with Crippen molar-refractivity contribution in [1.29, 1.82) is 0 Å². The molecule has 0 atom stereocenters. The Kier molecular flexibility index (Phi) is 2.56. The summed E-state index contributed by atoms with van der Waals surface area (Å²) in [4.78, 5) is 0. The molecule has 0 heterocycles. The van der Waals surface area contributed by atoms with E-state index in [0.717, 1.165) is 23.6 Å². The van der Waals surface area contributed by atoms with Crippen LogP contribution in [0.5, 0.6) is 0 Å². The Morgan fingerprint density at radius 1 is 1.08 bits per heavy atom. The normalized spacial score (nSPS) is 12.7. The molecule has 72 valence electrons. The van der Waals surface area contributed by atoms with E-state index in [1.54, 1.807) is 0 Å². The zero-order chi connectivity index (χ0) is 10.1. The van der Waals surface area contributed by atoms with Crippen LogP contribution in [0, 0.1) is 0 Å². The van der Waals surface area contributed by atoms with Crippen molar-refractivity contribution < 1.29 is 17.7 Å². The highest BCUT2D eigenvalue weighted by atomic mass is 19.4. The lowest BCUT2D eigenvalue weighted by molar-refractivity contribution is -0.137. The van der Waals surface area contributed by atoms with Crippen molar-refractivity contribution in [2.75, 3.05) is 0 Å². The van der Waals surface area contributed by atoms with Crippen LogP contribution in [0.4, 0.5) is 17.7 Å². The summed E-state index contributed by atoms with van der Waals surface area (Å²) in [5.74, 6) is 3.00. The van der Waals surface area contributed by atoms with Gasteiger partial charge in [-0.3, -0.25) is 0 Å². The molecule has 2 N–H and O–H groups in total. The first kappa shape index (κ1) is 9.98. The average molecular weight is 193 g/mol. The third-order valence-electron chi connectivity index (χ3n) is 1.79. The van der Waals surface area contributed by atoms with Gasteiger partial charge in [-0.2, -0.15) is 19.1 Å². The largest absolute Gasteiger partial charge is 0.416 e. The molecule has 5 heteroatoms. The zero-order valence-corrected chi connectivity index (χ0v) is 6.53. The monoisotopic (exact) mass is 193 g/mol. The van der Waals surface area contributed by atoms with E-state index in [4.69, 9.17) is 4.48 Å². The first-order chi connectivity index (χ1) is 6.07. The highest BCUT2D eigenvalue weighted by Crippen LogP contribution is 2.35. The second-order valence-electron chi connectivity index (χ2n) is 2.66. The van der Waals surface area contributed by atoms with E-state index in [1.807, 2.05) is 0 Å². The van der Waals surface area contributed by atoms with Crippen LogP contribution in [0.1, 0.15) is 16.7 Å². The van der Waals surface area contributed by atoms with Crippen molar-refractivity contribution in [3.63, 3.8) is 0 Å². The van der Waals surface area contributed by atoms with Crippen LogP contribution in [-0.4, -0.2) is 0 Å². The molecule has 0 aromatic heterocycles. The molecule has 1 nitrogen and oxygen atoms in total. The molecule has 0 bridgehead atoms. The van der Waals surface area contributed by atoms with Gasteiger partial charge in [0.25, 0.3) is 0 Å². The highest BCUT2D eigenvalue weighted by molar-refractivity contribution is 5.47. The van der Waals surface area contributed by atoms with Crippen LogP contribution < -0.4 is 5.96 Å². The third kappa shape index (κ3) is 2.18. The third-order valence-corrected chi connectivity index (χ3v) is 1.79. The van der Waals surface area contributed by atoms with Gasteiger partial charge in [0.05, 0.1) is 5.56 Å². The summed E-state index contributed by atoms with van der Waals surface area (Å²) in [6, 6.07) is 3.89. The van der Waals surface area contributed by atoms with Gasteiger partial charge in [-0.05, 0) is 29.7 Å². The van der Waals surface area contributed by atoms with Gasteiger partial charge in [-0.1, -0.05) is 6.07 Å². The lowest BCUT2D eigenvalue weighted by atomic mass is 10.2. The van der Waals surface area contributed by atoms with Crippen LogP contribution in [0.15, 0.2) is 18.2 Å². The molecule has 0 spiro atoms. The summed E-state index contributed by atoms with van der Waals surface area (Å²) in [6.45, 7) is 0. The van der Waals surface area contributed by atoms with Crippen molar-refractivity contribution >= 4 is 0 Å². The molecule has 0 saturated carbocycles. The number of hydrogen-bond donors (Lipinski definition) is 1. The maximum atomic E-state index is 12.0. The van der Waals surface area contributed by atoms with E-state index in [2.05, 4.69) is 5.96 Å². The molecule has 1 aromatic rings. The van der Waals surface area contributed by atoms with Gasteiger partial charge in [-0.15, -0.1) is 4.48 Å². The summed E-state index contributed by atoms with van der Waals surface area (Å²) in [6.07, 6.45) is -3.45. The van der Waals surface area contributed by atoms with Crippen LogP contribution in [0.2, 0.25) is 0 Å². The lowest BCUT2D eigenvalue weighted by Crippen LogP contribution is -2.03. The van der Waals surface area contributed by atoms with Crippen LogP contribution in [-0.2, 0) is 12.6 Å². The smallest absolute Gasteiger partial charge is 0.172 e. The first-order valence-corrected chi connectivity index (χ1v) is 3.48. The predicted octanol–water partition coefficient (Wildman–Crippen LogP) is 2.44. The van der Waals surface area contributed by atoms with E-state index < -0.39 is 11.7 Å². The number of nitrogens with two attached hydrogens (primary N) is 1. The highest BCUT2D eigenvalue weighted by Gasteiger charge is 2.32. The average Bonchev–Trinajstić information content (AvgIpc) is 2.83. The molecule has 1 aromatic carbocycles. The molecule has 0 aliphatic heterocycles. The number of benzene rings is 1. The Morgan fingerprint density at radius 3 is 2.15 bits per heavy atom.